The summed E-state index contributed by atoms with van der Waals surface area (Å²) in [5, 5.41) is 5.69. The average Bonchev–Trinajstić information content (AvgIpc) is 2.71. The zero-order chi connectivity index (χ0) is 20.8. The van der Waals surface area contributed by atoms with E-state index in [4.69, 9.17) is 0 Å². The first-order valence-electron chi connectivity index (χ1n) is 9.46. The summed E-state index contributed by atoms with van der Waals surface area (Å²) in [6.45, 7) is 6.04. The Morgan fingerprint density at radius 2 is 1.52 bits per heavy atom. The van der Waals surface area contributed by atoms with Gasteiger partial charge in [0.1, 0.15) is 0 Å². The zero-order valence-corrected chi connectivity index (χ0v) is 16.8. The summed E-state index contributed by atoms with van der Waals surface area (Å²) in [7, 11) is 0. The van der Waals surface area contributed by atoms with E-state index < -0.39 is 0 Å². The zero-order valence-electron chi connectivity index (χ0n) is 16.8. The highest BCUT2D eigenvalue weighted by Crippen LogP contribution is 2.19. The lowest BCUT2D eigenvalue weighted by Crippen LogP contribution is -2.17. The molecule has 0 aliphatic heterocycles. The maximum absolute atomic E-state index is 12.7. The first-order valence-corrected chi connectivity index (χ1v) is 9.46. The van der Waals surface area contributed by atoms with E-state index in [1.165, 1.54) is 6.08 Å². The summed E-state index contributed by atoms with van der Waals surface area (Å²) in [6, 6.07) is 20.6. The summed E-state index contributed by atoms with van der Waals surface area (Å²) in [4.78, 5) is 25.1. The maximum Gasteiger partial charge on any atom is 0.257 e. The van der Waals surface area contributed by atoms with Crippen LogP contribution in [0.1, 0.15) is 32.6 Å². The van der Waals surface area contributed by atoms with Gasteiger partial charge in [-0.05, 0) is 67.8 Å². The molecule has 3 aromatic rings. The van der Waals surface area contributed by atoms with Crippen LogP contribution >= 0.6 is 0 Å². The number of hydrogen-bond donors (Lipinski definition) is 2. The average molecular weight is 384 g/mol. The summed E-state index contributed by atoms with van der Waals surface area (Å²) in [5.74, 6) is -0.566. The molecule has 0 heterocycles. The molecule has 0 aliphatic rings. The normalized spacial score (nSPS) is 10.7. The third-order valence-corrected chi connectivity index (χ3v) is 4.70. The molecule has 0 radical (unpaired) electrons. The Balaban J connectivity index is 1.72. The molecule has 0 fully saturated rings. The molecule has 0 spiro atoms. The van der Waals surface area contributed by atoms with E-state index in [0.717, 1.165) is 27.9 Å². The van der Waals surface area contributed by atoms with E-state index in [0.29, 0.717) is 11.3 Å². The molecule has 0 atom stereocenters. The van der Waals surface area contributed by atoms with Crippen molar-refractivity contribution in [2.75, 3.05) is 10.6 Å². The summed E-state index contributed by atoms with van der Waals surface area (Å²) < 4.78 is 0. The van der Waals surface area contributed by atoms with Gasteiger partial charge < -0.3 is 10.6 Å². The fraction of sp³-hybridized carbons (Fsp3) is 0.120. The number of rotatable bonds is 5. The molecule has 0 bridgehead atoms. The smallest absolute Gasteiger partial charge is 0.257 e. The number of carbonyl (C=O) groups is 2. The largest absolute Gasteiger partial charge is 0.322 e. The molecule has 0 saturated carbocycles. The van der Waals surface area contributed by atoms with Crippen LogP contribution in [0.5, 0.6) is 0 Å². The Morgan fingerprint density at radius 1 is 0.793 bits per heavy atom. The molecule has 2 N–H and O–H groups in total. The van der Waals surface area contributed by atoms with Crippen molar-refractivity contribution in [3.05, 3.63) is 101 Å². The standard InChI is InChI=1S/C25H24N2O2/c1-17-8-11-20(12-9-17)13-15-24(28)27-23-7-5-4-6-22(23)25(29)26-21-14-10-18(2)19(3)16-21/h4-16H,1-3H3,(H,26,29)(H,27,28). The van der Waals surface area contributed by atoms with E-state index in [1.807, 2.05) is 63.2 Å². The molecule has 0 aliphatic carbocycles. The third kappa shape index (κ3) is 5.42. The molecule has 3 rings (SSSR count). The Bertz CT molecular complexity index is 1070. The second-order valence-electron chi connectivity index (χ2n) is 7.03. The summed E-state index contributed by atoms with van der Waals surface area (Å²) in [5.41, 5.74) is 5.96. The molecule has 29 heavy (non-hydrogen) atoms. The molecular formula is C25H24N2O2. The minimum Gasteiger partial charge on any atom is -0.322 e. The van der Waals surface area contributed by atoms with Gasteiger partial charge in [-0.2, -0.15) is 0 Å². The van der Waals surface area contributed by atoms with Crippen LogP contribution in [0.4, 0.5) is 11.4 Å². The van der Waals surface area contributed by atoms with Crippen LogP contribution in [0.2, 0.25) is 0 Å². The van der Waals surface area contributed by atoms with Crippen LogP contribution in [-0.4, -0.2) is 11.8 Å². The molecule has 146 valence electrons. The van der Waals surface area contributed by atoms with Gasteiger partial charge in [0.05, 0.1) is 11.3 Å². The van der Waals surface area contributed by atoms with E-state index in [2.05, 4.69) is 10.6 Å². The predicted octanol–water partition coefficient (Wildman–Crippen LogP) is 5.52. The lowest BCUT2D eigenvalue weighted by molar-refractivity contribution is -0.111. The molecule has 2 amide bonds. The monoisotopic (exact) mass is 384 g/mol. The van der Waals surface area contributed by atoms with Crippen LogP contribution in [0.15, 0.2) is 72.8 Å². The van der Waals surface area contributed by atoms with Crippen LogP contribution in [0, 0.1) is 20.8 Å². The number of carbonyl (C=O) groups excluding carboxylic acids is 2. The van der Waals surface area contributed by atoms with Crippen molar-refractivity contribution in [3.63, 3.8) is 0 Å². The van der Waals surface area contributed by atoms with Gasteiger partial charge >= 0.3 is 0 Å². The maximum atomic E-state index is 12.7. The first kappa shape index (κ1) is 20.1. The third-order valence-electron chi connectivity index (χ3n) is 4.70. The number of anilines is 2. The Hall–Kier alpha value is -3.66. The second-order valence-corrected chi connectivity index (χ2v) is 7.03. The predicted molar refractivity (Wildman–Crippen MR) is 119 cm³/mol. The number of hydrogen-bond acceptors (Lipinski definition) is 2. The van der Waals surface area contributed by atoms with E-state index in [-0.39, 0.29) is 11.8 Å². The first-order chi connectivity index (χ1) is 13.9. The SMILES string of the molecule is Cc1ccc(C=CC(=O)Nc2ccccc2C(=O)Nc2ccc(C)c(C)c2)cc1. The molecule has 3 aromatic carbocycles. The second kappa shape index (κ2) is 9.02. The van der Waals surface area contributed by atoms with Crippen LogP contribution < -0.4 is 10.6 Å². The number of para-hydroxylation sites is 1. The minimum absolute atomic E-state index is 0.272. The van der Waals surface area contributed by atoms with Gasteiger partial charge in [-0.3, -0.25) is 9.59 Å². The van der Waals surface area contributed by atoms with Crippen molar-refractivity contribution in [2.45, 2.75) is 20.8 Å². The highest BCUT2D eigenvalue weighted by molar-refractivity contribution is 6.11. The molecular weight excluding hydrogens is 360 g/mol. The van der Waals surface area contributed by atoms with E-state index >= 15 is 0 Å². The molecule has 4 heteroatoms. The fourth-order valence-electron chi connectivity index (χ4n) is 2.83. The van der Waals surface area contributed by atoms with E-state index in [1.54, 1.807) is 30.3 Å². The Labute approximate surface area is 171 Å². The van der Waals surface area contributed by atoms with Gasteiger partial charge in [-0.15, -0.1) is 0 Å². The fourth-order valence-corrected chi connectivity index (χ4v) is 2.83. The lowest BCUT2D eigenvalue weighted by Gasteiger charge is -2.11. The van der Waals surface area contributed by atoms with Gasteiger partial charge in [0.25, 0.3) is 5.91 Å². The summed E-state index contributed by atoms with van der Waals surface area (Å²) in [6.07, 6.45) is 3.20. The molecule has 4 nitrogen and oxygen atoms in total. The van der Waals surface area contributed by atoms with Crippen molar-refractivity contribution in [1.29, 1.82) is 0 Å². The number of nitrogens with one attached hydrogen (secondary N) is 2. The minimum atomic E-state index is -0.294. The van der Waals surface area contributed by atoms with Crippen molar-refractivity contribution in [3.8, 4) is 0 Å². The van der Waals surface area contributed by atoms with Crippen LogP contribution in [0.25, 0.3) is 6.08 Å². The van der Waals surface area contributed by atoms with Crippen molar-refractivity contribution in [2.24, 2.45) is 0 Å². The van der Waals surface area contributed by atoms with Crippen molar-refractivity contribution >= 4 is 29.3 Å². The van der Waals surface area contributed by atoms with Gasteiger partial charge in [0.2, 0.25) is 5.91 Å². The molecule has 0 aromatic heterocycles. The summed E-state index contributed by atoms with van der Waals surface area (Å²) >= 11 is 0. The topological polar surface area (TPSA) is 58.2 Å². The number of aryl methyl sites for hydroxylation is 3. The Morgan fingerprint density at radius 3 is 2.24 bits per heavy atom. The molecule has 0 saturated heterocycles. The van der Waals surface area contributed by atoms with Gasteiger partial charge in [0.15, 0.2) is 0 Å². The van der Waals surface area contributed by atoms with Crippen LogP contribution in [-0.2, 0) is 4.79 Å². The highest BCUT2D eigenvalue weighted by atomic mass is 16.2. The van der Waals surface area contributed by atoms with Crippen LogP contribution in [0.3, 0.4) is 0 Å². The van der Waals surface area contributed by atoms with E-state index in [9.17, 15) is 9.59 Å². The number of benzene rings is 3. The molecule has 0 unspecified atom stereocenters. The van der Waals surface area contributed by atoms with Crippen molar-refractivity contribution < 1.29 is 9.59 Å². The lowest BCUT2D eigenvalue weighted by atomic mass is 10.1. The number of amides is 2. The van der Waals surface area contributed by atoms with Gasteiger partial charge in [-0.25, -0.2) is 0 Å². The quantitative estimate of drug-likeness (QED) is 0.569. The Kier molecular flexibility index (Phi) is 6.25. The highest BCUT2D eigenvalue weighted by Gasteiger charge is 2.13. The van der Waals surface area contributed by atoms with Crippen molar-refractivity contribution in [1.82, 2.24) is 0 Å². The van der Waals surface area contributed by atoms with Gasteiger partial charge in [-0.1, -0.05) is 48.0 Å². The van der Waals surface area contributed by atoms with Gasteiger partial charge in [0, 0.05) is 11.8 Å².